The molecule has 1 aliphatic rings. The molecule has 0 aromatic heterocycles. The first-order valence-corrected chi connectivity index (χ1v) is 5.02. The third-order valence-corrected chi connectivity index (χ3v) is 2.58. The van der Waals surface area contributed by atoms with Gasteiger partial charge in [-0.15, -0.1) is 0 Å². The van der Waals surface area contributed by atoms with Crippen molar-refractivity contribution in [2.45, 2.75) is 0 Å². The fourth-order valence-corrected chi connectivity index (χ4v) is 1.55. The van der Waals surface area contributed by atoms with Crippen molar-refractivity contribution in [1.29, 1.82) is 0 Å². The molecule has 0 unspecified atom stereocenters. The van der Waals surface area contributed by atoms with Gasteiger partial charge in [0.25, 0.3) is 0 Å². The Morgan fingerprint density at radius 3 is 2.00 bits per heavy atom. The number of nitrogens with zero attached hydrogens (tertiary/aromatic N) is 1. The van der Waals surface area contributed by atoms with Gasteiger partial charge in [-0.1, -0.05) is 0 Å². The van der Waals surface area contributed by atoms with Crippen LogP contribution in [0.2, 0.25) is 0 Å². The number of hydrogen-bond donors (Lipinski definition) is 1. The minimum atomic E-state index is -3.44. The quantitative estimate of drug-likeness (QED) is 0.482. The van der Waals surface area contributed by atoms with Crippen molar-refractivity contribution < 1.29 is 18.0 Å². The monoisotopic (exact) mass is 192 g/mol. The largest absolute Gasteiger partial charge is 0.294 e. The van der Waals surface area contributed by atoms with Crippen molar-refractivity contribution in [3.05, 3.63) is 0 Å². The van der Waals surface area contributed by atoms with Gasteiger partial charge in [0.15, 0.2) is 0 Å². The number of rotatable bonds is 1. The number of carbonyl (C=O) groups is 2. The van der Waals surface area contributed by atoms with E-state index < -0.39 is 21.8 Å². The zero-order chi connectivity index (χ0) is 9.35. The molecule has 0 bridgehead atoms. The first-order chi connectivity index (χ1) is 5.39. The smallest absolute Gasteiger partial charge is 0.241 e. The van der Waals surface area contributed by atoms with Crippen LogP contribution in [0, 0.1) is 0 Å². The number of amides is 2. The molecular formula is C5H8N2O4S. The molecule has 1 aliphatic heterocycles. The lowest BCUT2D eigenvalue weighted by Gasteiger charge is -2.22. The minimum Gasteiger partial charge on any atom is -0.294 e. The highest BCUT2D eigenvalue weighted by atomic mass is 32.2. The molecule has 0 aromatic carbocycles. The van der Waals surface area contributed by atoms with Crippen molar-refractivity contribution in [3.8, 4) is 0 Å². The fraction of sp³-hybridized carbons (Fsp3) is 0.600. The molecule has 1 fully saturated rings. The van der Waals surface area contributed by atoms with E-state index >= 15 is 0 Å². The molecule has 0 saturated carbocycles. The van der Waals surface area contributed by atoms with E-state index in [2.05, 4.69) is 0 Å². The van der Waals surface area contributed by atoms with E-state index in [0.29, 0.717) is 0 Å². The van der Waals surface area contributed by atoms with Gasteiger partial charge in [-0.3, -0.25) is 14.9 Å². The Bertz CT molecular complexity index is 304. The van der Waals surface area contributed by atoms with Gasteiger partial charge < -0.3 is 0 Å². The molecule has 12 heavy (non-hydrogen) atoms. The normalized spacial score (nSPS) is 20.8. The average molecular weight is 192 g/mol. The molecule has 0 aromatic rings. The van der Waals surface area contributed by atoms with Gasteiger partial charge in [-0.2, -0.15) is 4.31 Å². The van der Waals surface area contributed by atoms with Crippen LogP contribution in [0.4, 0.5) is 0 Å². The molecule has 0 aliphatic carbocycles. The number of carbonyl (C=O) groups excluding carboxylic acids is 2. The third kappa shape index (κ3) is 2.02. The Morgan fingerprint density at radius 2 is 1.67 bits per heavy atom. The number of imide groups is 1. The first-order valence-electron chi connectivity index (χ1n) is 3.17. The fourth-order valence-electron chi connectivity index (χ4n) is 0.845. The summed E-state index contributed by atoms with van der Waals surface area (Å²) in [5, 5.41) is 2.00. The summed E-state index contributed by atoms with van der Waals surface area (Å²) in [5.74, 6) is -1.17. The number of nitrogens with one attached hydrogen (secondary N) is 1. The van der Waals surface area contributed by atoms with Gasteiger partial charge >= 0.3 is 0 Å². The van der Waals surface area contributed by atoms with Crippen molar-refractivity contribution >= 4 is 21.8 Å². The maximum Gasteiger partial charge on any atom is 0.241 e. The minimum absolute atomic E-state index is 0.273. The van der Waals surface area contributed by atoms with Crippen LogP contribution >= 0.6 is 0 Å². The zero-order valence-electron chi connectivity index (χ0n) is 6.40. The van der Waals surface area contributed by atoms with Gasteiger partial charge in [0.1, 0.15) is 0 Å². The summed E-state index contributed by atoms with van der Waals surface area (Å²) in [7, 11) is -3.44. The van der Waals surface area contributed by atoms with Gasteiger partial charge in [0, 0.05) is 0 Å². The highest BCUT2D eigenvalue weighted by Gasteiger charge is 2.28. The molecule has 2 amide bonds. The molecule has 7 heteroatoms. The Kier molecular flexibility index (Phi) is 2.16. The third-order valence-electron chi connectivity index (χ3n) is 1.39. The van der Waals surface area contributed by atoms with Crippen LogP contribution in [-0.2, 0) is 19.6 Å². The molecule has 0 radical (unpaired) electrons. The van der Waals surface area contributed by atoms with E-state index in [9.17, 15) is 18.0 Å². The van der Waals surface area contributed by atoms with E-state index in [-0.39, 0.29) is 13.1 Å². The highest BCUT2D eigenvalue weighted by molar-refractivity contribution is 7.88. The molecule has 0 spiro atoms. The highest BCUT2D eigenvalue weighted by Crippen LogP contribution is 2.00. The lowest BCUT2D eigenvalue weighted by molar-refractivity contribution is -0.134. The Morgan fingerprint density at radius 1 is 1.25 bits per heavy atom. The second-order valence-electron chi connectivity index (χ2n) is 2.50. The van der Waals surface area contributed by atoms with E-state index in [0.717, 1.165) is 10.6 Å². The Balaban J connectivity index is 2.82. The number of sulfonamides is 1. The molecule has 68 valence electrons. The van der Waals surface area contributed by atoms with Gasteiger partial charge in [-0.05, 0) is 0 Å². The maximum absolute atomic E-state index is 10.9. The van der Waals surface area contributed by atoms with Crippen LogP contribution in [-0.4, -0.2) is 43.9 Å². The van der Waals surface area contributed by atoms with Crippen LogP contribution in [0.15, 0.2) is 0 Å². The summed E-state index contributed by atoms with van der Waals surface area (Å²) in [6.45, 7) is -0.546. The Hall–Kier alpha value is -0.950. The van der Waals surface area contributed by atoms with Crippen molar-refractivity contribution in [3.63, 3.8) is 0 Å². The van der Waals surface area contributed by atoms with E-state index in [1.807, 2.05) is 5.32 Å². The molecule has 1 saturated heterocycles. The van der Waals surface area contributed by atoms with Crippen molar-refractivity contribution in [1.82, 2.24) is 9.62 Å². The first kappa shape index (κ1) is 9.14. The summed E-state index contributed by atoms with van der Waals surface area (Å²) in [6, 6.07) is 0. The molecule has 1 rings (SSSR count). The molecule has 6 nitrogen and oxygen atoms in total. The molecule has 1 N–H and O–H groups in total. The standard InChI is InChI=1S/C5H8N2O4S/c1-12(10,11)7-2-4(8)6-5(9)3-7/h2-3H2,1H3,(H,6,8,9). The van der Waals surface area contributed by atoms with Crippen LogP contribution in [0.25, 0.3) is 0 Å². The van der Waals surface area contributed by atoms with Crippen LogP contribution in [0.1, 0.15) is 0 Å². The van der Waals surface area contributed by atoms with Crippen LogP contribution in [0.3, 0.4) is 0 Å². The summed E-state index contributed by atoms with van der Waals surface area (Å²) in [6.07, 6.45) is 0.957. The lowest BCUT2D eigenvalue weighted by atomic mass is 10.4. The van der Waals surface area contributed by atoms with Gasteiger partial charge in [0.2, 0.25) is 21.8 Å². The SMILES string of the molecule is CS(=O)(=O)N1CC(=O)NC(=O)C1. The Labute approximate surface area is 69.6 Å². The molecule has 0 atom stereocenters. The summed E-state index contributed by atoms with van der Waals surface area (Å²) >= 11 is 0. The van der Waals surface area contributed by atoms with Crippen molar-refractivity contribution in [2.75, 3.05) is 19.3 Å². The predicted octanol–water partition coefficient (Wildman–Crippen LogP) is -2.10. The summed E-state index contributed by atoms with van der Waals surface area (Å²) < 4.78 is 22.6. The van der Waals surface area contributed by atoms with Crippen LogP contribution in [0.5, 0.6) is 0 Å². The number of hydrogen-bond acceptors (Lipinski definition) is 4. The summed E-state index contributed by atoms with van der Waals surface area (Å²) in [5.41, 5.74) is 0. The van der Waals surface area contributed by atoms with Crippen molar-refractivity contribution in [2.24, 2.45) is 0 Å². The molecular weight excluding hydrogens is 184 g/mol. The van der Waals surface area contributed by atoms with Gasteiger partial charge in [-0.25, -0.2) is 8.42 Å². The summed E-state index contributed by atoms with van der Waals surface area (Å²) in [4.78, 5) is 21.4. The second kappa shape index (κ2) is 2.83. The van der Waals surface area contributed by atoms with Crippen LogP contribution < -0.4 is 5.32 Å². The van der Waals surface area contributed by atoms with Gasteiger partial charge in [0.05, 0.1) is 19.3 Å². The van der Waals surface area contributed by atoms with E-state index in [4.69, 9.17) is 0 Å². The maximum atomic E-state index is 10.9. The predicted molar refractivity (Wildman–Crippen MR) is 39.6 cm³/mol. The van der Waals surface area contributed by atoms with E-state index in [1.165, 1.54) is 0 Å². The van der Waals surface area contributed by atoms with E-state index in [1.54, 1.807) is 0 Å². The number of piperazine rings is 1. The average Bonchev–Trinajstić information content (AvgIpc) is 1.82. The second-order valence-corrected chi connectivity index (χ2v) is 4.48. The lowest BCUT2D eigenvalue weighted by Crippen LogP contribution is -2.52. The molecule has 1 heterocycles. The topological polar surface area (TPSA) is 83.6 Å². The zero-order valence-corrected chi connectivity index (χ0v) is 7.22.